The van der Waals surface area contributed by atoms with Crippen molar-refractivity contribution in [3.05, 3.63) is 29.6 Å². The topological polar surface area (TPSA) is 52.5 Å². The lowest BCUT2D eigenvalue weighted by atomic mass is 10.1. The van der Waals surface area contributed by atoms with Crippen LogP contribution >= 0.6 is 0 Å². The van der Waals surface area contributed by atoms with Crippen molar-refractivity contribution >= 4 is 11.6 Å². The molecular formula is C8H7FN3. The van der Waals surface area contributed by atoms with Crippen molar-refractivity contribution in [2.45, 2.75) is 6.54 Å². The molecule has 1 aromatic rings. The zero-order valence-electron chi connectivity index (χ0n) is 6.29. The number of nitrogens with two attached hydrogens (primary N) is 1. The van der Waals surface area contributed by atoms with Crippen LogP contribution in [0.5, 0.6) is 0 Å². The van der Waals surface area contributed by atoms with Crippen molar-refractivity contribution in [2.24, 2.45) is 10.7 Å². The highest BCUT2D eigenvalue weighted by Gasteiger charge is 2.10. The molecule has 1 aliphatic rings. The number of benzene rings is 1. The predicted molar refractivity (Wildman–Crippen MR) is 43.5 cm³/mol. The Balaban J connectivity index is 2.51. The first-order valence-corrected chi connectivity index (χ1v) is 3.56. The van der Waals surface area contributed by atoms with Crippen molar-refractivity contribution in [3.8, 4) is 0 Å². The van der Waals surface area contributed by atoms with E-state index in [0.717, 1.165) is 5.56 Å². The van der Waals surface area contributed by atoms with Crippen LogP contribution in [0.15, 0.2) is 23.2 Å². The Morgan fingerprint density at radius 3 is 3.08 bits per heavy atom. The fraction of sp³-hybridized carbons (Fsp3) is 0.125. The monoisotopic (exact) mass is 164 g/mol. The van der Waals surface area contributed by atoms with Gasteiger partial charge in [-0.25, -0.2) is 14.7 Å². The molecule has 0 atom stereocenters. The number of hydrogen-bond donors (Lipinski definition) is 1. The first kappa shape index (κ1) is 7.09. The van der Waals surface area contributed by atoms with Gasteiger partial charge in [0.05, 0.1) is 12.2 Å². The third kappa shape index (κ3) is 1.11. The van der Waals surface area contributed by atoms with E-state index in [9.17, 15) is 4.39 Å². The summed E-state index contributed by atoms with van der Waals surface area (Å²) in [5.41, 5.74) is 6.87. The second-order valence-corrected chi connectivity index (χ2v) is 2.56. The molecule has 0 fully saturated rings. The molecule has 0 amide bonds. The molecule has 0 aliphatic carbocycles. The molecule has 0 aromatic heterocycles. The molecule has 2 rings (SSSR count). The average Bonchev–Trinajstić information content (AvgIpc) is 2.05. The predicted octanol–water partition coefficient (Wildman–Crippen LogP) is 0.890. The van der Waals surface area contributed by atoms with Gasteiger partial charge in [-0.1, -0.05) is 0 Å². The lowest BCUT2D eigenvalue weighted by Crippen LogP contribution is -2.26. The van der Waals surface area contributed by atoms with E-state index in [4.69, 9.17) is 5.73 Å². The number of halogens is 1. The first-order valence-electron chi connectivity index (χ1n) is 3.56. The summed E-state index contributed by atoms with van der Waals surface area (Å²) in [6.45, 7) is 0.419. The van der Waals surface area contributed by atoms with E-state index in [0.29, 0.717) is 12.2 Å². The molecule has 12 heavy (non-hydrogen) atoms. The molecule has 0 spiro atoms. The maximum absolute atomic E-state index is 12.7. The van der Waals surface area contributed by atoms with E-state index in [1.807, 2.05) is 0 Å². The number of guanidine groups is 1. The molecule has 1 heterocycles. The lowest BCUT2D eigenvalue weighted by molar-refractivity contribution is 0.624. The van der Waals surface area contributed by atoms with Crippen LogP contribution in [0.25, 0.3) is 0 Å². The number of rotatable bonds is 0. The molecule has 1 aromatic carbocycles. The molecule has 0 saturated heterocycles. The molecular weight excluding hydrogens is 157 g/mol. The number of hydrogen-bond acceptors (Lipinski definition) is 2. The standard InChI is InChI=1S/C8H7FN3/c9-6-1-2-7-5(3-6)4-11-8(10)12-7/h1-3H,4H2,(H2,10,12). The molecule has 3 nitrogen and oxygen atoms in total. The van der Waals surface area contributed by atoms with Gasteiger partial charge in [0.2, 0.25) is 5.96 Å². The fourth-order valence-electron chi connectivity index (χ4n) is 1.11. The summed E-state index contributed by atoms with van der Waals surface area (Å²) in [7, 11) is 0. The summed E-state index contributed by atoms with van der Waals surface area (Å²) in [6.07, 6.45) is 0. The third-order valence-electron chi connectivity index (χ3n) is 1.69. The molecule has 0 unspecified atom stereocenters. The second-order valence-electron chi connectivity index (χ2n) is 2.56. The zero-order chi connectivity index (χ0) is 8.55. The maximum atomic E-state index is 12.7. The summed E-state index contributed by atoms with van der Waals surface area (Å²) in [4.78, 5) is 3.95. The van der Waals surface area contributed by atoms with Gasteiger partial charge in [0.15, 0.2) is 0 Å². The summed E-state index contributed by atoms with van der Waals surface area (Å²) < 4.78 is 12.7. The Morgan fingerprint density at radius 1 is 1.42 bits per heavy atom. The van der Waals surface area contributed by atoms with Crippen LogP contribution in [-0.4, -0.2) is 5.96 Å². The van der Waals surface area contributed by atoms with Gasteiger partial charge < -0.3 is 5.73 Å². The minimum atomic E-state index is -0.264. The molecule has 2 N–H and O–H groups in total. The van der Waals surface area contributed by atoms with Crippen LogP contribution in [0.3, 0.4) is 0 Å². The maximum Gasteiger partial charge on any atom is 0.216 e. The van der Waals surface area contributed by atoms with Gasteiger partial charge in [0, 0.05) is 5.56 Å². The molecule has 1 radical (unpaired) electrons. The molecule has 4 heteroatoms. The largest absolute Gasteiger partial charge is 0.368 e. The van der Waals surface area contributed by atoms with E-state index in [1.54, 1.807) is 6.07 Å². The fourth-order valence-corrected chi connectivity index (χ4v) is 1.11. The van der Waals surface area contributed by atoms with Crippen molar-refractivity contribution in [1.82, 2.24) is 5.32 Å². The van der Waals surface area contributed by atoms with E-state index >= 15 is 0 Å². The van der Waals surface area contributed by atoms with Gasteiger partial charge in [0.25, 0.3) is 0 Å². The van der Waals surface area contributed by atoms with Gasteiger partial charge in [-0.15, -0.1) is 0 Å². The quantitative estimate of drug-likeness (QED) is 0.608. The molecule has 0 bridgehead atoms. The first-order chi connectivity index (χ1) is 5.75. The average molecular weight is 164 g/mol. The number of nitrogens with zero attached hydrogens (tertiary/aromatic N) is 2. The van der Waals surface area contributed by atoms with Crippen molar-refractivity contribution in [2.75, 3.05) is 0 Å². The van der Waals surface area contributed by atoms with Gasteiger partial charge in [0.1, 0.15) is 5.82 Å². The highest BCUT2D eigenvalue weighted by Crippen LogP contribution is 2.22. The smallest absolute Gasteiger partial charge is 0.216 e. The molecule has 0 saturated carbocycles. The Labute approximate surface area is 69.1 Å². The van der Waals surface area contributed by atoms with Gasteiger partial charge in [-0.05, 0) is 18.2 Å². The minimum Gasteiger partial charge on any atom is -0.368 e. The summed E-state index contributed by atoms with van der Waals surface area (Å²) in [6, 6.07) is 4.39. The van der Waals surface area contributed by atoms with Crippen LogP contribution in [0.2, 0.25) is 0 Å². The van der Waals surface area contributed by atoms with E-state index in [-0.39, 0.29) is 11.8 Å². The van der Waals surface area contributed by atoms with Gasteiger partial charge in [-0.2, -0.15) is 0 Å². The minimum absolute atomic E-state index is 0.258. The number of fused-ring (bicyclic) bond motifs is 1. The van der Waals surface area contributed by atoms with Crippen LogP contribution in [0, 0.1) is 5.82 Å². The Hall–Kier alpha value is -1.58. The third-order valence-corrected chi connectivity index (χ3v) is 1.69. The number of aliphatic imine (C=N–C) groups is 1. The summed E-state index contributed by atoms with van der Waals surface area (Å²) >= 11 is 0. The summed E-state index contributed by atoms with van der Waals surface area (Å²) in [5, 5.41) is 3.87. The Bertz CT molecular complexity index is 346. The second kappa shape index (κ2) is 2.48. The summed E-state index contributed by atoms with van der Waals surface area (Å²) in [5.74, 6) is -0.00581. The van der Waals surface area contributed by atoms with Crippen molar-refractivity contribution in [3.63, 3.8) is 0 Å². The lowest BCUT2D eigenvalue weighted by Gasteiger charge is -2.11. The molecule has 1 aliphatic heterocycles. The Morgan fingerprint density at radius 2 is 2.25 bits per heavy atom. The van der Waals surface area contributed by atoms with Crippen molar-refractivity contribution < 1.29 is 4.39 Å². The van der Waals surface area contributed by atoms with Crippen LogP contribution in [-0.2, 0) is 6.54 Å². The van der Waals surface area contributed by atoms with E-state index in [1.165, 1.54) is 12.1 Å². The SMILES string of the molecule is NC1=Nc2ccc(F)cc2C[N]1. The van der Waals surface area contributed by atoms with Gasteiger partial charge >= 0.3 is 0 Å². The van der Waals surface area contributed by atoms with E-state index < -0.39 is 0 Å². The molecule has 61 valence electrons. The van der Waals surface area contributed by atoms with Crippen molar-refractivity contribution in [1.29, 1.82) is 0 Å². The normalized spacial score (nSPS) is 14.6. The van der Waals surface area contributed by atoms with Crippen LogP contribution in [0.4, 0.5) is 10.1 Å². The van der Waals surface area contributed by atoms with Crippen LogP contribution in [0.1, 0.15) is 5.56 Å². The highest BCUT2D eigenvalue weighted by atomic mass is 19.1. The van der Waals surface area contributed by atoms with E-state index in [2.05, 4.69) is 10.3 Å². The Kier molecular flexibility index (Phi) is 1.46. The van der Waals surface area contributed by atoms with Crippen LogP contribution < -0.4 is 11.1 Å². The van der Waals surface area contributed by atoms with Gasteiger partial charge in [-0.3, -0.25) is 0 Å². The highest BCUT2D eigenvalue weighted by molar-refractivity contribution is 5.82. The zero-order valence-corrected chi connectivity index (χ0v) is 6.29.